The zero-order valence-electron chi connectivity index (χ0n) is 12.3. The summed E-state index contributed by atoms with van der Waals surface area (Å²) in [6.07, 6.45) is 1.71. The third-order valence-electron chi connectivity index (χ3n) is 4.21. The molecule has 1 spiro atoms. The van der Waals surface area contributed by atoms with Crippen LogP contribution in [-0.4, -0.2) is 51.5 Å². The van der Waals surface area contributed by atoms with Crippen molar-refractivity contribution in [3.8, 4) is 0 Å². The minimum Gasteiger partial charge on any atom is -0.479 e. The number of carboxylic acid groups (broad SMARTS) is 1. The van der Waals surface area contributed by atoms with Crippen molar-refractivity contribution in [2.45, 2.75) is 57.7 Å². The maximum atomic E-state index is 11.9. The number of ether oxygens (including phenoxy) is 1. The minimum atomic E-state index is -1.56. The normalized spacial score (nSPS) is 24.1. The molecule has 1 aliphatic heterocycles. The third-order valence-corrected chi connectivity index (χ3v) is 4.21. The van der Waals surface area contributed by atoms with Crippen molar-refractivity contribution in [3.63, 3.8) is 0 Å². The van der Waals surface area contributed by atoms with Crippen molar-refractivity contribution >= 4 is 12.1 Å². The van der Waals surface area contributed by atoms with E-state index in [1.54, 1.807) is 4.90 Å². The summed E-state index contributed by atoms with van der Waals surface area (Å²) in [4.78, 5) is 24.5. The Kier molecular flexibility index (Phi) is 3.48. The summed E-state index contributed by atoms with van der Waals surface area (Å²) in [7, 11) is 0. The topological polar surface area (TPSA) is 87.1 Å². The number of piperidine rings is 1. The Morgan fingerprint density at radius 3 is 2.05 bits per heavy atom. The van der Waals surface area contributed by atoms with Gasteiger partial charge in [-0.25, -0.2) is 9.59 Å². The van der Waals surface area contributed by atoms with Crippen molar-refractivity contribution in [3.05, 3.63) is 0 Å². The summed E-state index contributed by atoms with van der Waals surface area (Å²) in [5, 5.41) is 18.8. The van der Waals surface area contributed by atoms with E-state index in [2.05, 4.69) is 0 Å². The van der Waals surface area contributed by atoms with E-state index in [4.69, 9.17) is 9.84 Å². The van der Waals surface area contributed by atoms with Gasteiger partial charge in [-0.1, -0.05) is 0 Å². The highest BCUT2D eigenvalue weighted by atomic mass is 16.6. The van der Waals surface area contributed by atoms with Crippen LogP contribution < -0.4 is 0 Å². The number of aliphatic carboxylic acids is 1. The highest BCUT2D eigenvalue weighted by Gasteiger charge is 2.58. The molecule has 0 atom stereocenters. The summed E-state index contributed by atoms with van der Waals surface area (Å²) in [6.45, 7) is 6.61. The monoisotopic (exact) mass is 285 g/mol. The molecular weight excluding hydrogens is 262 g/mol. The van der Waals surface area contributed by atoms with E-state index >= 15 is 0 Å². The van der Waals surface area contributed by atoms with Crippen LogP contribution in [0.5, 0.6) is 0 Å². The minimum absolute atomic E-state index is 0.119. The van der Waals surface area contributed by atoms with Crippen molar-refractivity contribution in [1.29, 1.82) is 0 Å². The zero-order valence-corrected chi connectivity index (χ0v) is 12.3. The molecule has 2 N–H and O–H groups in total. The third kappa shape index (κ3) is 2.90. The van der Waals surface area contributed by atoms with Crippen molar-refractivity contribution in [2.24, 2.45) is 5.41 Å². The largest absolute Gasteiger partial charge is 0.479 e. The maximum Gasteiger partial charge on any atom is 0.410 e. The van der Waals surface area contributed by atoms with Crippen LogP contribution in [0.4, 0.5) is 4.79 Å². The van der Waals surface area contributed by atoms with Crippen molar-refractivity contribution in [2.75, 3.05) is 13.1 Å². The van der Waals surface area contributed by atoms with E-state index in [9.17, 15) is 14.7 Å². The first-order valence-corrected chi connectivity index (χ1v) is 6.99. The number of rotatable bonds is 1. The van der Waals surface area contributed by atoms with E-state index in [0.717, 1.165) is 12.8 Å². The molecule has 0 bridgehead atoms. The SMILES string of the molecule is CC(C)(C)OC(=O)N1CCC2(CC1)CC(O)(C(=O)O)C2. The average molecular weight is 285 g/mol. The lowest BCUT2D eigenvalue weighted by Crippen LogP contribution is -2.60. The second-order valence-corrected chi connectivity index (χ2v) is 7.16. The quantitative estimate of drug-likeness (QED) is 0.764. The van der Waals surface area contributed by atoms with Gasteiger partial charge in [0.2, 0.25) is 0 Å². The Balaban J connectivity index is 1.85. The molecule has 0 aromatic heterocycles. The predicted octanol–water partition coefficient (Wildman–Crippen LogP) is 1.61. The molecule has 0 radical (unpaired) electrons. The molecule has 0 unspecified atom stereocenters. The molecule has 1 saturated heterocycles. The predicted molar refractivity (Wildman–Crippen MR) is 71.3 cm³/mol. The standard InChI is InChI=1S/C14H23NO5/c1-12(2,3)20-11(18)15-6-4-13(5-7-15)8-14(19,9-13)10(16)17/h19H,4-9H2,1-3H3,(H,16,17). The molecule has 1 saturated carbocycles. The number of amides is 1. The number of carboxylic acids is 1. The lowest BCUT2D eigenvalue weighted by Gasteiger charge is -2.54. The summed E-state index contributed by atoms with van der Waals surface area (Å²) < 4.78 is 5.32. The average Bonchev–Trinajstić information content (AvgIpc) is 2.25. The second-order valence-electron chi connectivity index (χ2n) is 7.16. The summed E-state index contributed by atoms with van der Waals surface area (Å²) in [5.74, 6) is -1.14. The lowest BCUT2D eigenvalue weighted by atomic mass is 9.55. The van der Waals surface area contributed by atoms with Crippen LogP contribution in [0.2, 0.25) is 0 Å². The Bertz CT molecular complexity index is 410. The smallest absolute Gasteiger partial charge is 0.410 e. The van der Waals surface area contributed by atoms with Gasteiger partial charge in [-0.05, 0) is 51.9 Å². The van der Waals surface area contributed by atoms with Crippen molar-refractivity contribution in [1.82, 2.24) is 4.90 Å². The van der Waals surface area contributed by atoms with E-state index in [-0.39, 0.29) is 24.3 Å². The summed E-state index contributed by atoms with van der Waals surface area (Å²) >= 11 is 0. The number of likely N-dealkylation sites (tertiary alicyclic amines) is 1. The Morgan fingerprint density at radius 1 is 1.15 bits per heavy atom. The highest BCUT2D eigenvalue weighted by molar-refractivity contribution is 5.79. The van der Waals surface area contributed by atoms with Gasteiger partial charge in [-0.3, -0.25) is 0 Å². The molecule has 2 rings (SSSR count). The molecule has 0 aromatic carbocycles. The first kappa shape index (κ1) is 15.1. The Hall–Kier alpha value is -1.30. The van der Waals surface area contributed by atoms with Crippen LogP contribution in [0, 0.1) is 5.41 Å². The molecule has 114 valence electrons. The van der Waals surface area contributed by atoms with Gasteiger partial charge in [-0.2, -0.15) is 0 Å². The number of hydrogen-bond acceptors (Lipinski definition) is 4. The first-order chi connectivity index (χ1) is 9.05. The molecule has 6 heteroatoms. The molecule has 1 heterocycles. The van der Waals surface area contributed by atoms with Gasteiger partial charge in [0.05, 0.1) is 0 Å². The number of nitrogens with zero attached hydrogens (tertiary/aromatic N) is 1. The maximum absolute atomic E-state index is 11.9. The Morgan fingerprint density at radius 2 is 1.65 bits per heavy atom. The van der Waals surface area contributed by atoms with Crippen LogP contribution in [0.25, 0.3) is 0 Å². The molecule has 1 amide bonds. The van der Waals surface area contributed by atoms with Gasteiger partial charge in [-0.15, -0.1) is 0 Å². The van der Waals surface area contributed by atoms with Crippen LogP contribution in [0.1, 0.15) is 46.5 Å². The lowest BCUT2D eigenvalue weighted by molar-refractivity contribution is -0.192. The highest BCUT2D eigenvalue weighted by Crippen LogP contribution is 2.54. The van der Waals surface area contributed by atoms with Gasteiger partial charge in [0, 0.05) is 13.1 Å². The molecule has 6 nitrogen and oxygen atoms in total. The van der Waals surface area contributed by atoms with Gasteiger partial charge in [0.15, 0.2) is 5.60 Å². The van der Waals surface area contributed by atoms with Gasteiger partial charge in [0.1, 0.15) is 5.60 Å². The molecule has 0 aromatic rings. The second kappa shape index (κ2) is 4.62. The molecule has 2 fully saturated rings. The number of carbonyl (C=O) groups excluding carboxylic acids is 1. The molecule has 2 aliphatic rings. The van der Waals surface area contributed by atoms with E-state index < -0.39 is 17.2 Å². The zero-order chi connectivity index (χ0) is 15.2. The summed E-state index contributed by atoms with van der Waals surface area (Å²) in [6, 6.07) is 0. The van der Waals surface area contributed by atoms with Gasteiger partial charge >= 0.3 is 12.1 Å². The number of aliphatic hydroxyl groups is 1. The van der Waals surface area contributed by atoms with Gasteiger partial charge in [0.25, 0.3) is 0 Å². The number of hydrogen-bond donors (Lipinski definition) is 2. The fraction of sp³-hybridized carbons (Fsp3) is 0.857. The summed E-state index contributed by atoms with van der Waals surface area (Å²) in [5.41, 5.74) is -2.19. The van der Waals surface area contributed by atoms with Crippen LogP contribution in [-0.2, 0) is 9.53 Å². The van der Waals surface area contributed by atoms with E-state index in [1.807, 2.05) is 20.8 Å². The molecular formula is C14H23NO5. The van der Waals surface area contributed by atoms with E-state index in [1.165, 1.54) is 0 Å². The van der Waals surface area contributed by atoms with Crippen LogP contribution >= 0.6 is 0 Å². The van der Waals surface area contributed by atoms with Crippen molar-refractivity contribution < 1.29 is 24.5 Å². The van der Waals surface area contributed by atoms with E-state index in [0.29, 0.717) is 13.1 Å². The van der Waals surface area contributed by atoms with Crippen LogP contribution in [0.15, 0.2) is 0 Å². The fourth-order valence-corrected chi connectivity index (χ4v) is 3.18. The molecule has 1 aliphatic carbocycles. The molecule has 20 heavy (non-hydrogen) atoms. The van der Waals surface area contributed by atoms with Crippen LogP contribution in [0.3, 0.4) is 0 Å². The fourth-order valence-electron chi connectivity index (χ4n) is 3.18. The Labute approximate surface area is 118 Å². The first-order valence-electron chi connectivity index (χ1n) is 6.99. The number of carbonyl (C=O) groups is 2. The van der Waals surface area contributed by atoms with Gasteiger partial charge < -0.3 is 19.8 Å².